The maximum Gasteiger partial charge on any atom is 0.337 e. The molecular formula is C16H19N3O3. The van der Waals surface area contributed by atoms with Crippen LogP contribution in [-0.4, -0.2) is 32.7 Å². The van der Waals surface area contributed by atoms with Crippen molar-refractivity contribution in [1.82, 2.24) is 15.0 Å². The minimum Gasteiger partial charge on any atom is -0.478 e. The van der Waals surface area contributed by atoms with Gasteiger partial charge in [-0.05, 0) is 38.4 Å². The molecule has 0 amide bonds. The molecule has 0 aliphatic carbocycles. The van der Waals surface area contributed by atoms with Gasteiger partial charge in [0.2, 0.25) is 0 Å². The number of aryl methyl sites for hydroxylation is 1. The number of piperidine rings is 1. The predicted molar refractivity (Wildman–Crippen MR) is 79.4 cm³/mol. The number of aromatic carboxylic acids is 1. The van der Waals surface area contributed by atoms with E-state index in [1.807, 2.05) is 13.0 Å². The molecule has 1 N–H and O–H groups in total. The van der Waals surface area contributed by atoms with Crippen molar-refractivity contribution in [2.24, 2.45) is 0 Å². The van der Waals surface area contributed by atoms with Gasteiger partial charge in [0.25, 0.3) is 0 Å². The summed E-state index contributed by atoms with van der Waals surface area (Å²) in [6.45, 7) is 3.30. The Kier molecular flexibility index (Phi) is 4.20. The number of likely N-dealkylation sites (tertiary alicyclic amines) is 1. The average Bonchev–Trinajstić information content (AvgIpc) is 2.94. The van der Waals surface area contributed by atoms with Gasteiger partial charge in [0.1, 0.15) is 11.5 Å². The number of aromatic nitrogens is 2. The average molecular weight is 301 g/mol. The van der Waals surface area contributed by atoms with E-state index >= 15 is 0 Å². The Hall–Kier alpha value is -2.21. The van der Waals surface area contributed by atoms with Gasteiger partial charge in [-0.25, -0.2) is 4.79 Å². The fraction of sp³-hybridized carbons (Fsp3) is 0.438. The molecule has 0 aromatic carbocycles. The largest absolute Gasteiger partial charge is 0.478 e. The van der Waals surface area contributed by atoms with Crippen molar-refractivity contribution in [3.63, 3.8) is 0 Å². The van der Waals surface area contributed by atoms with Crippen molar-refractivity contribution in [3.8, 4) is 0 Å². The van der Waals surface area contributed by atoms with Crippen LogP contribution in [0.3, 0.4) is 0 Å². The van der Waals surface area contributed by atoms with Gasteiger partial charge in [-0.15, -0.1) is 0 Å². The first-order chi connectivity index (χ1) is 10.6. The summed E-state index contributed by atoms with van der Waals surface area (Å²) in [4.78, 5) is 17.8. The van der Waals surface area contributed by atoms with E-state index in [-0.39, 0.29) is 11.6 Å². The smallest absolute Gasteiger partial charge is 0.337 e. The summed E-state index contributed by atoms with van der Waals surface area (Å²) >= 11 is 0. The van der Waals surface area contributed by atoms with E-state index in [0.717, 1.165) is 37.3 Å². The van der Waals surface area contributed by atoms with Crippen LogP contribution in [0.1, 0.15) is 52.8 Å². The van der Waals surface area contributed by atoms with E-state index < -0.39 is 5.97 Å². The van der Waals surface area contributed by atoms with Crippen LogP contribution in [0.25, 0.3) is 0 Å². The van der Waals surface area contributed by atoms with Crippen molar-refractivity contribution in [2.75, 3.05) is 6.54 Å². The molecule has 0 bridgehead atoms. The van der Waals surface area contributed by atoms with Gasteiger partial charge < -0.3 is 9.63 Å². The van der Waals surface area contributed by atoms with E-state index in [9.17, 15) is 9.90 Å². The summed E-state index contributed by atoms with van der Waals surface area (Å²) in [6.07, 6.45) is 4.88. The van der Waals surface area contributed by atoms with Crippen LogP contribution in [0.5, 0.6) is 0 Å². The molecule has 3 rings (SSSR count). The number of hydrogen-bond donors (Lipinski definition) is 1. The second-order valence-corrected chi connectivity index (χ2v) is 5.65. The van der Waals surface area contributed by atoms with Gasteiger partial charge in [0.15, 0.2) is 0 Å². The highest BCUT2D eigenvalue weighted by molar-refractivity contribution is 5.88. The summed E-state index contributed by atoms with van der Waals surface area (Å²) in [5, 5.41) is 13.4. The van der Waals surface area contributed by atoms with Crippen LogP contribution < -0.4 is 0 Å². The molecule has 3 heterocycles. The van der Waals surface area contributed by atoms with E-state index in [1.54, 1.807) is 18.3 Å². The van der Waals surface area contributed by atoms with Gasteiger partial charge in [-0.3, -0.25) is 9.88 Å². The van der Waals surface area contributed by atoms with Crippen LogP contribution >= 0.6 is 0 Å². The van der Waals surface area contributed by atoms with Crippen LogP contribution in [0.2, 0.25) is 0 Å². The third-order valence-electron chi connectivity index (χ3n) is 4.07. The zero-order chi connectivity index (χ0) is 15.5. The minimum atomic E-state index is -0.936. The molecule has 1 atom stereocenters. The van der Waals surface area contributed by atoms with Gasteiger partial charge in [0, 0.05) is 18.8 Å². The monoisotopic (exact) mass is 301 g/mol. The van der Waals surface area contributed by atoms with Crippen LogP contribution in [0, 0.1) is 6.92 Å². The molecule has 0 radical (unpaired) electrons. The summed E-state index contributed by atoms with van der Waals surface area (Å²) in [5.41, 5.74) is 1.79. The van der Waals surface area contributed by atoms with Gasteiger partial charge in [0.05, 0.1) is 17.3 Å². The molecule has 6 heteroatoms. The lowest BCUT2D eigenvalue weighted by atomic mass is 9.98. The number of pyridine rings is 1. The highest BCUT2D eigenvalue weighted by Crippen LogP contribution is 2.31. The predicted octanol–water partition coefficient (Wildman–Crippen LogP) is 2.80. The molecule has 2 aromatic rings. The van der Waals surface area contributed by atoms with Gasteiger partial charge in [-0.1, -0.05) is 11.6 Å². The lowest BCUT2D eigenvalue weighted by molar-refractivity contribution is 0.0690. The first kappa shape index (κ1) is 14.7. The normalized spacial score (nSPS) is 19.2. The standard InChI is InChI=1S/C16H19N3O3/c1-11-9-13(18-22-11)15-6-2-3-8-19(15)10-14-12(16(20)21)5-4-7-17-14/h4-5,7,9,15H,2-3,6,8,10H2,1H3,(H,20,21)/t15-/m1/s1. The molecule has 116 valence electrons. The lowest BCUT2D eigenvalue weighted by Crippen LogP contribution is -2.34. The molecule has 1 fully saturated rings. The topological polar surface area (TPSA) is 79.5 Å². The summed E-state index contributed by atoms with van der Waals surface area (Å²) < 4.78 is 5.19. The Morgan fingerprint density at radius 2 is 2.36 bits per heavy atom. The Bertz CT molecular complexity index is 668. The van der Waals surface area contributed by atoms with Crippen molar-refractivity contribution in [2.45, 2.75) is 38.8 Å². The van der Waals surface area contributed by atoms with Crippen LogP contribution in [-0.2, 0) is 6.54 Å². The fourth-order valence-corrected chi connectivity index (χ4v) is 3.01. The van der Waals surface area contributed by atoms with E-state index in [0.29, 0.717) is 12.2 Å². The Labute approximate surface area is 128 Å². The maximum absolute atomic E-state index is 11.3. The Balaban J connectivity index is 1.84. The van der Waals surface area contributed by atoms with Crippen molar-refractivity contribution < 1.29 is 14.4 Å². The number of carbonyl (C=O) groups is 1. The molecule has 0 spiro atoms. The summed E-state index contributed by atoms with van der Waals surface area (Å²) in [5.74, 6) is -0.140. The summed E-state index contributed by atoms with van der Waals surface area (Å²) in [6, 6.07) is 5.38. The number of rotatable bonds is 4. The Morgan fingerprint density at radius 1 is 1.50 bits per heavy atom. The molecule has 0 unspecified atom stereocenters. The molecule has 1 saturated heterocycles. The maximum atomic E-state index is 11.3. The molecule has 2 aromatic heterocycles. The molecule has 1 aliphatic rings. The number of nitrogens with zero attached hydrogens (tertiary/aromatic N) is 3. The quantitative estimate of drug-likeness (QED) is 0.935. The number of hydrogen-bond acceptors (Lipinski definition) is 5. The first-order valence-electron chi connectivity index (χ1n) is 7.49. The zero-order valence-corrected chi connectivity index (χ0v) is 12.5. The molecule has 1 aliphatic heterocycles. The SMILES string of the molecule is Cc1cc([C@H]2CCCCN2Cc2ncccc2C(=O)O)no1. The van der Waals surface area contributed by atoms with Crippen molar-refractivity contribution >= 4 is 5.97 Å². The molecule has 0 saturated carbocycles. The van der Waals surface area contributed by atoms with Gasteiger partial charge in [-0.2, -0.15) is 0 Å². The van der Waals surface area contributed by atoms with E-state index in [2.05, 4.69) is 15.0 Å². The molecule has 6 nitrogen and oxygen atoms in total. The second-order valence-electron chi connectivity index (χ2n) is 5.65. The first-order valence-corrected chi connectivity index (χ1v) is 7.49. The van der Waals surface area contributed by atoms with Gasteiger partial charge >= 0.3 is 5.97 Å². The van der Waals surface area contributed by atoms with Crippen molar-refractivity contribution in [3.05, 3.63) is 47.1 Å². The molecule has 22 heavy (non-hydrogen) atoms. The third-order valence-corrected chi connectivity index (χ3v) is 4.07. The van der Waals surface area contributed by atoms with E-state index in [4.69, 9.17) is 4.52 Å². The third kappa shape index (κ3) is 3.01. The van der Waals surface area contributed by atoms with Crippen LogP contribution in [0.15, 0.2) is 28.9 Å². The number of carboxylic acid groups (broad SMARTS) is 1. The molecular weight excluding hydrogens is 282 g/mol. The number of carboxylic acids is 1. The van der Waals surface area contributed by atoms with Crippen LogP contribution in [0.4, 0.5) is 0 Å². The zero-order valence-electron chi connectivity index (χ0n) is 12.5. The second kappa shape index (κ2) is 6.27. The fourth-order valence-electron chi connectivity index (χ4n) is 3.01. The summed E-state index contributed by atoms with van der Waals surface area (Å²) in [7, 11) is 0. The lowest BCUT2D eigenvalue weighted by Gasteiger charge is -2.34. The Morgan fingerprint density at radius 3 is 3.09 bits per heavy atom. The highest BCUT2D eigenvalue weighted by Gasteiger charge is 2.27. The van der Waals surface area contributed by atoms with Crippen molar-refractivity contribution in [1.29, 1.82) is 0 Å². The minimum absolute atomic E-state index is 0.162. The van der Waals surface area contributed by atoms with E-state index in [1.165, 1.54) is 0 Å². The highest BCUT2D eigenvalue weighted by atomic mass is 16.5.